The predicted molar refractivity (Wildman–Crippen MR) is 105 cm³/mol. The van der Waals surface area contributed by atoms with E-state index in [0.29, 0.717) is 23.5 Å². The smallest absolute Gasteiger partial charge is 0.235 e. The molecule has 1 amide bonds. The van der Waals surface area contributed by atoms with Crippen molar-refractivity contribution in [2.75, 3.05) is 5.32 Å². The highest BCUT2D eigenvalue weighted by molar-refractivity contribution is 6.02. The van der Waals surface area contributed by atoms with E-state index in [-0.39, 0.29) is 11.7 Å². The van der Waals surface area contributed by atoms with Gasteiger partial charge in [-0.25, -0.2) is 4.98 Å². The van der Waals surface area contributed by atoms with Crippen LogP contribution in [-0.2, 0) is 16.6 Å². The van der Waals surface area contributed by atoms with Crippen LogP contribution in [-0.4, -0.2) is 26.5 Å². The first-order chi connectivity index (χ1) is 13.4. The Labute approximate surface area is 163 Å². The van der Waals surface area contributed by atoms with Crippen LogP contribution in [0.1, 0.15) is 36.3 Å². The molecule has 2 atom stereocenters. The molecule has 144 valence electrons. The molecule has 0 bridgehead atoms. The maximum atomic E-state index is 13.2. The molecule has 0 saturated heterocycles. The number of aromatic nitrogens is 3. The number of hydrogen-bond donors (Lipinski definition) is 2. The second kappa shape index (κ2) is 7.07. The number of ketones is 1. The van der Waals surface area contributed by atoms with Crippen LogP contribution in [0.25, 0.3) is 0 Å². The maximum Gasteiger partial charge on any atom is 0.235 e. The Bertz CT molecular complexity index is 1000. The average Bonchev–Trinajstić information content (AvgIpc) is 3.06. The van der Waals surface area contributed by atoms with Crippen LogP contribution in [0.4, 0.5) is 5.82 Å². The Morgan fingerprint density at radius 3 is 2.93 bits per heavy atom. The third kappa shape index (κ3) is 3.24. The number of allylic oxidation sites excluding steroid dienone is 2. The number of nitrogens with one attached hydrogen (secondary N) is 2. The summed E-state index contributed by atoms with van der Waals surface area (Å²) in [5, 5.41) is 10.4. The minimum absolute atomic E-state index is 0.0848. The second-order valence-corrected chi connectivity index (χ2v) is 7.43. The van der Waals surface area contributed by atoms with Gasteiger partial charge >= 0.3 is 0 Å². The minimum Gasteiger partial charge on any atom is -0.362 e. The van der Waals surface area contributed by atoms with E-state index in [2.05, 4.69) is 27.3 Å². The van der Waals surface area contributed by atoms with Gasteiger partial charge in [-0.2, -0.15) is 5.10 Å². The lowest BCUT2D eigenvalue weighted by Crippen LogP contribution is -2.42. The molecular formula is C21H23N5O2. The highest BCUT2D eigenvalue weighted by Gasteiger charge is 2.43. The number of hydrogen-bond acceptors (Lipinski definition) is 5. The highest BCUT2D eigenvalue weighted by Crippen LogP contribution is 2.44. The quantitative estimate of drug-likeness (QED) is 0.858. The highest BCUT2D eigenvalue weighted by atomic mass is 16.2. The lowest BCUT2D eigenvalue weighted by atomic mass is 9.72. The molecule has 0 radical (unpaired) electrons. The molecule has 0 saturated carbocycles. The number of pyridine rings is 1. The Hall–Kier alpha value is -3.22. The van der Waals surface area contributed by atoms with Crippen molar-refractivity contribution in [3.63, 3.8) is 0 Å². The van der Waals surface area contributed by atoms with Crippen molar-refractivity contribution in [3.8, 4) is 0 Å². The molecule has 4 rings (SSSR count). The van der Waals surface area contributed by atoms with Gasteiger partial charge in [0.25, 0.3) is 0 Å². The van der Waals surface area contributed by atoms with E-state index >= 15 is 0 Å². The maximum absolute atomic E-state index is 13.2. The second-order valence-electron chi connectivity index (χ2n) is 7.43. The Balaban J connectivity index is 1.75. The third-order valence-electron chi connectivity index (χ3n) is 5.32. The number of carbonyl (C=O) groups is 2. The van der Waals surface area contributed by atoms with Gasteiger partial charge in [0.15, 0.2) is 5.78 Å². The van der Waals surface area contributed by atoms with Crippen LogP contribution >= 0.6 is 0 Å². The zero-order valence-electron chi connectivity index (χ0n) is 16.0. The van der Waals surface area contributed by atoms with Crippen molar-refractivity contribution < 1.29 is 9.59 Å². The molecular weight excluding hydrogens is 354 g/mol. The van der Waals surface area contributed by atoms with Crippen molar-refractivity contribution in [3.05, 3.63) is 65.4 Å². The van der Waals surface area contributed by atoms with Crippen LogP contribution in [0.2, 0.25) is 0 Å². The van der Waals surface area contributed by atoms with Gasteiger partial charge in [0.2, 0.25) is 5.91 Å². The Kier molecular flexibility index (Phi) is 4.58. The van der Waals surface area contributed by atoms with Crippen molar-refractivity contribution in [1.82, 2.24) is 20.1 Å². The monoisotopic (exact) mass is 377 g/mol. The van der Waals surface area contributed by atoms with Crippen LogP contribution in [0.3, 0.4) is 0 Å². The van der Waals surface area contributed by atoms with Crippen LogP contribution in [0, 0.1) is 12.8 Å². The number of rotatable bonds is 3. The van der Waals surface area contributed by atoms with Gasteiger partial charge in [-0.1, -0.05) is 6.58 Å². The number of carbonyl (C=O) groups excluding carboxylic acids is 2. The standard InChI is InChI=1S/C21H23N5O2/c1-12-7-8-22-17(9-12)25-21(28)18-13(2)24-15-5-4-6-16(27)20(15)19(18)14-10-23-26(3)11-14/h7-11,18-19,24H,2,4-6H2,1,3H3,(H,22,25,28). The topological polar surface area (TPSA) is 88.9 Å². The zero-order valence-corrected chi connectivity index (χ0v) is 16.0. The number of aryl methyl sites for hydroxylation is 2. The number of Topliss-reactive ketones (excluding diaryl/α,β-unsaturated/α-hetero) is 1. The van der Waals surface area contributed by atoms with E-state index in [0.717, 1.165) is 29.7 Å². The SMILES string of the molecule is C=C1NC2=C(C(=O)CCC2)C(c2cnn(C)c2)C1C(=O)Nc1cc(C)ccn1. The summed E-state index contributed by atoms with van der Waals surface area (Å²) in [4.78, 5) is 30.3. The molecule has 1 aliphatic heterocycles. The molecule has 0 fully saturated rings. The fourth-order valence-corrected chi connectivity index (χ4v) is 4.07. The van der Waals surface area contributed by atoms with Gasteiger partial charge in [-0.3, -0.25) is 14.3 Å². The van der Waals surface area contributed by atoms with E-state index in [1.54, 1.807) is 17.1 Å². The fourth-order valence-electron chi connectivity index (χ4n) is 4.07. The summed E-state index contributed by atoms with van der Waals surface area (Å²) in [5.41, 5.74) is 4.00. The lowest BCUT2D eigenvalue weighted by Gasteiger charge is -2.38. The predicted octanol–water partition coefficient (Wildman–Crippen LogP) is 2.59. The molecule has 0 spiro atoms. The Morgan fingerprint density at radius 2 is 2.21 bits per heavy atom. The van der Waals surface area contributed by atoms with Gasteiger partial charge in [-0.05, 0) is 43.0 Å². The molecule has 2 N–H and O–H groups in total. The third-order valence-corrected chi connectivity index (χ3v) is 5.32. The molecule has 7 heteroatoms. The van der Waals surface area contributed by atoms with E-state index in [1.165, 1.54) is 0 Å². The Morgan fingerprint density at radius 1 is 1.39 bits per heavy atom. The molecule has 2 aromatic rings. The van der Waals surface area contributed by atoms with Crippen molar-refractivity contribution >= 4 is 17.5 Å². The molecule has 1 aliphatic carbocycles. The molecule has 3 heterocycles. The van der Waals surface area contributed by atoms with E-state index in [4.69, 9.17) is 0 Å². The fraction of sp³-hybridized carbons (Fsp3) is 0.333. The summed E-state index contributed by atoms with van der Waals surface area (Å²) in [6, 6.07) is 3.68. The normalized spacial score (nSPS) is 21.9. The first kappa shape index (κ1) is 18.2. The van der Waals surface area contributed by atoms with Crippen molar-refractivity contribution in [1.29, 1.82) is 0 Å². The molecule has 7 nitrogen and oxygen atoms in total. The van der Waals surface area contributed by atoms with Gasteiger partial charge in [0.1, 0.15) is 5.82 Å². The zero-order chi connectivity index (χ0) is 19.8. The first-order valence-corrected chi connectivity index (χ1v) is 9.38. The van der Waals surface area contributed by atoms with Crippen LogP contribution < -0.4 is 10.6 Å². The van der Waals surface area contributed by atoms with Gasteiger partial charge < -0.3 is 10.6 Å². The van der Waals surface area contributed by atoms with Gasteiger partial charge in [0, 0.05) is 48.7 Å². The van der Waals surface area contributed by atoms with Crippen LogP contribution in [0.5, 0.6) is 0 Å². The van der Waals surface area contributed by atoms with Gasteiger partial charge in [-0.15, -0.1) is 0 Å². The van der Waals surface area contributed by atoms with E-state index < -0.39 is 11.8 Å². The first-order valence-electron chi connectivity index (χ1n) is 9.38. The van der Waals surface area contributed by atoms with Crippen molar-refractivity contribution in [2.45, 2.75) is 32.1 Å². The average molecular weight is 377 g/mol. The van der Waals surface area contributed by atoms with Crippen molar-refractivity contribution in [2.24, 2.45) is 13.0 Å². The molecule has 2 unspecified atom stereocenters. The summed E-state index contributed by atoms with van der Waals surface area (Å²) in [7, 11) is 1.82. The van der Waals surface area contributed by atoms with E-state index in [9.17, 15) is 9.59 Å². The van der Waals surface area contributed by atoms with E-state index in [1.807, 2.05) is 32.3 Å². The lowest BCUT2D eigenvalue weighted by molar-refractivity contribution is -0.120. The number of nitrogens with zero attached hydrogens (tertiary/aromatic N) is 3. The summed E-state index contributed by atoms with van der Waals surface area (Å²) in [6.45, 7) is 6.05. The molecule has 0 aromatic carbocycles. The summed E-state index contributed by atoms with van der Waals surface area (Å²) in [5.74, 6) is -0.712. The number of anilines is 1. The largest absolute Gasteiger partial charge is 0.362 e. The van der Waals surface area contributed by atoms with Gasteiger partial charge in [0.05, 0.1) is 12.1 Å². The number of amides is 1. The van der Waals surface area contributed by atoms with Crippen LogP contribution in [0.15, 0.2) is 54.3 Å². The minimum atomic E-state index is -0.632. The summed E-state index contributed by atoms with van der Waals surface area (Å²) < 4.78 is 1.69. The molecule has 2 aromatic heterocycles. The summed E-state index contributed by atoms with van der Waals surface area (Å²) >= 11 is 0. The molecule has 28 heavy (non-hydrogen) atoms. The molecule has 2 aliphatic rings. The summed E-state index contributed by atoms with van der Waals surface area (Å²) in [6.07, 6.45) is 7.33.